The molecule has 0 aromatic carbocycles. The summed E-state index contributed by atoms with van der Waals surface area (Å²) in [6.45, 7) is 7.79. The first-order valence-corrected chi connectivity index (χ1v) is 5.11. The van der Waals surface area contributed by atoms with Crippen LogP contribution < -0.4 is 5.32 Å². The maximum Gasteiger partial charge on any atom is 0.0358 e. The lowest BCUT2D eigenvalue weighted by Gasteiger charge is -2.21. The van der Waals surface area contributed by atoms with E-state index in [1.807, 2.05) is 6.20 Å². The van der Waals surface area contributed by atoms with Crippen molar-refractivity contribution in [1.82, 2.24) is 10.3 Å². The summed E-state index contributed by atoms with van der Waals surface area (Å²) in [5, 5.41) is 3.55. The summed E-state index contributed by atoms with van der Waals surface area (Å²) in [6, 6.07) is 2.64. The highest BCUT2D eigenvalue weighted by Gasteiger charge is 2.14. The van der Waals surface area contributed by atoms with Gasteiger partial charge in [0.05, 0.1) is 0 Å². The Hall–Kier alpha value is -0.760. The molecule has 1 heterocycles. The summed E-state index contributed by atoms with van der Waals surface area (Å²) < 4.78 is 0. The van der Waals surface area contributed by atoms with Crippen molar-refractivity contribution >= 4 is 0 Å². The van der Waals surface area contributed by atoms with Crippen LogP contribution in [0.2, 0.25) is 0 Å². The van der Waals surface area contributed by atoms with Gasteiger partial charge in [-0.1, -0.05) is 20.8 Å². The van der Waals surface area contributed by atoms with Gasteiger partial charge in [-0.3, -0.25) is 0 Å². The summed E-state index contributed by atoms with van der Waals surface area (Å²) >= 11 is 0. The molecule has 0 saturated heterocycles. The lowest BCUT2D eigenvalue weighted by Crippen LogP contribution is -2.25. The van der Waals surface area contributed by atoms with Gasteiger partial charge < -0.3 is 10.3 Å². The Morgan fingerprint density at radius 1 is 1.46 bits per heavy atom. The largest absolute Gasteiger partial charge is 0.367 e. The van der Waals surface area contributed by atoms with E-state index in [9.17, 15) is 0 Å². The maximum absolute atomic E-state index is 3.55. The van der Waals surface area contributed by atoms with Gasteiger partial charge in [0.25, 0.3) is 0 Å². The molecule has 0 saturated carbocycles. The molecule has 0 spiro atoms. The van der Waals surface area contributed by atoms with Crippen LogP contribution in [-0.2, 0) is 0 Å². The van der Waals surface area contributed by atoms with Gasteiger partial charge in [0.1, 0.15) is 0 Å². The summed E-state index contributed by atoms with van der Waals surface area (Å²) in [5.41, 5.74) is 1.36. The second kappa shape index (κ2) is 5.07. The molecule has 1 atom stereocenters. The first-order valence-electron chi connectivity index (χ1n) is 5.11. The number of H-pyrrole nitrogens is 1. The molecule has 0 aliphatic rings. The standard InChI is InChI=1S/C11H20N2/c1-4-6-13-11(9(2)3)10-5-7-12-8-10/h5,7-9,11-13H,4,6H2,1-3H3. The van der Waals surface area contributed by atoms with Gasteiger partial charge in [0, 0.05) is 18.4 Å². The highest BCUT2D eigenvalue weighted by molar-refractivity contribution is 5.14. The third-order valence-electron chi connectivity index (χ3n) is 2.26. The lowest BCUT2D eigenvalue weighted by atomic mass is 9.98. The Balaban J connectivity index is 2.58. The van der Waals surface area contributed by atoms with E-state index in [1.54, 1.807) is 0 Å². The second-order valence-electron chi connectivity index (χ2n) is 3.82. The monoisotopic (exact) mass is 180 g/mol. The van der Waals surface area contributed by atoms with E-state index in [0.29, 0.717) is 12.0 Å². The molecule has 2 N–H and O–H groups in total. The topological polar surface area (TPSA) is 27.8 Å². The molecule has 0 fully saturated rings. The smallest absolute Gasteiger partial charge is 0.0358 e. The molecule has 2 heteroatoms. The maximum atomic E-state index is 3.55. The van der Waals surface area contributed by atoms with Crippen molar-refractivity contribution in [3.05, 3.63) is 24.0 Å². The predicted molar refractivity (Wildman–Crippen MR) is 56.7 cm³/mol. The van der Waals surface area contributed by atoms with Crippen molar-refractivity contribution in [2.24, 2.45) is 5.92 Å². The van der Waals surface area contributed by atoms with Crippen LogP contribution in [-0.4, -0.2) is 11.5 Å². The summed E-state index contributed by atoms with van der Waals surface area (Å²) in [5.74, 6) is 0.641. The quantitative estimate of drug-likeness (QED) is 0.716. The second-order valence-corrected chi connectivity index (χ2v) is 3.82. The van der Waals surface area contributed by atoms with Gasteiger partial charge >= 0.3 is 0 Å². The summed E-state index contributed by atoms with van der Waals surface area (Å²) in [4.78, 5) is 3.10. The number of rotatable bonds is 5. The zero-order valence-electron chi connectivity index (χ0n) is 8.80. The number of aromatic amines is 1. The third kappa shape index (κ3) is 2.88. The fraction of sp³-hybridized carbons (Fsp3) is 0.636. The van der Waals surface area contributed by atoms with Crippen molar-refractivity contribution in [2.75, 3.05) is 6.54 Å². The van der Waals surface area contributed by atoms with Crippen LogP contribution in [0.3, 0.4) is 0 Å². The highest BCUT2D eigenvalue weighted by atomic mass is 14.9. The van der Waals surface area contributed by atoms with Crippen LogP contribution in [0.5, 0.6) is 0 Å². The van der Waals surface area contributed by atoms with E-state index < -0.39 is 0 Å². The highest BCUT2D eigenvalue weighted by Crippen LogP contribution is 2.20. The Kier molecular flexibility index (Phi) is 4.03. The number of hydrogen-bond donors (Lipinski definition) is 2. The van der Waals surface area contributed by atoms with Gasteiger partial charge in [-0.15, -0.1) is 0 Å². The van der Waals surface area contributed by atoms with Gasteiger partial charge in [-0.25, -0.2) is 0 Å². The molecule has 1 aromatic rings. The van der Waals surface area contributed by atoms with E-state index >= 15 is 0 Å². The van der Waals surface area contributed by atoms with Gasteiger partial charge in [0.2, 0.25) is 0 Å². The van der Waals surface area contributed by atoms with Crippen LogP contribution in [0, 0.1) is 5.92 Å². The van der Waals surface area contributed by atoms with Crippen LogP contribution >= 0.6 is 0 Å². The molecule has 0 radical (unpaired) electrons. The fourth-order valence-corrected chi connectivity index (χ4v) is 1.57. The van der Waals surface area contributed by atoms with Crippen LogP contribution in [0.15, 0.2) is 18.5 Å². The summed E-state index contributed by atoms with van der Waals surface area (Å²) in [6.07, 6.45) is 5.25. The number of nitrogens with one attached hydrogen (secondary N) is 2. The van der Waals surface area contributed by atoms with E-state index in [4.69, 9.17) is 0 Å². The van der Waals surface area contributed by atoms with Gasteiger partial charge in [0.15, 0.2) is 0 Å². The minimum absolute atomic E-state index is 0.492. The SMILES string of the molecule is CCCNC(c1cc[nH]c1)C(C)C. The van der Waals surface area contributed by atoms with Crippen molar-refractivity contribution in [3.63, 3.8) is 0 Å². The molecule has 0 amide bonds. The molecule has 2 nitrogen and oxygen atoms in total. The number of hydrogen-bond acceptors (Lipinski definition) is 1. The van der Waals surface area contributed by atoms with Crippen molar-refractivity contribution < 1.29 is 0 Å². The molecule has 1 rings (SSSR count). The van der Waals surface area contributed by atoms with Crippen molar-refractivity contribution in [1.29, 1.82) is 0 Å². The molecule has 1 unspecified atom stereocenters. The number of aromatic nitrogens is 1. The predicted octanol–water partition coefficient (Wildman–Crippen LogP) is 2.71. The van der Waals surface area contributed by atoms with E-state index in [2.05, 4.69) is 43.3 Å². The van der Waals surface area contributed by atoms with Crippen LogP contribution in [0.25, 0.3) is 0 Å². The third-order valence-corrected chi connectivity index (χ3v) is 2.26. The van der Waals surface area contributed by atoms with E-state index in [-0.39, 0.29) is 0 Å². The fourth-order valence-electron chi connectivity index (χ4n) is 1.57. The molecular weight excluding hydrogens is 160 g/mol. The molecule has 1 aromatic heterocycles. The van der Waals surface area contributed by atoms with Crippen LogP contribution in [0.1, 0.15) is 38.8 Å². The minimum atomic E-state index is 0.492. The molecule has 0 aliphatic heterocycles. The zero-order valence-corrected chi connectivity index (χ0v) is 8.80. The first kappa shape index (κ1) is 10.3. The Morgan fingerprint density at radius 2 is 2.23 bits per heavy atom. The van der Waals surface area contributed by atoms with Crippen molar-refractivity contribution in [3.8, 4) is 0 Å². The molecule has 0 aliphatic carbocycles. The van der Waals surface area contributed by atoms with Gasteiger partial charge in [-0.2, -0.15) is 0 Å². The average molecular weight is 180 g/mol. The average Bonchev–Trinajstić information content (AvgIpc) is 2.57. The normalized spacial score (nSPS) is 13.5. The Morgan fingerprint density at radius 3 is 2.69 bits per heavy atom. The van der Waals surface area contributed by atoms with Crippen LogP contribution in [0.4, 0.5) is 0 Å². The minimum Gasteiger partial charge on any atom is -0.367 e. The van der Waals surface area contributed by atoms with Gasteiger partial charge in [-0.05, 0) is 30.5 Å². The summed E-state index contributed by atoms with van der Waals surface area (Å²) in [7, 11) is 0. The molecule has 74 valence electrons. The molecular formula is C11H20N2. The molecule has 13 heavy (non-hydrogen) atoms. The Bertz CT molecular complexity index is 214. The van der Waals surface area contributed by atoms with Crippen molar-refractivity contribution in [2.45, 2.75) is 33.2 Å². The first-order chi connectivity index (χ1) is 6.25. The lowest BCUT2D eigenvalue weighted by molar-refractivity contribution is 0.413. The Labute approximate surface area is 80.7 Å². The van der Waals surface area contributed by atoms with E-state index in [1.165, 1.54) is 12.0 Å². The van der Waals surface area contributed by atoms with E-state index in [0.717, 1.165) is 6.54 Å². The zero-order chi connectivity index (χ0) is 9.68. The molecule has 0 bridgehead atoms.